The third kappa shape index (κ3) is 4.82. The Bertz CT molecular complexity index is 3730. The highest BCUT2D eigenvalue weighted by atomic mass is 15.1. The second kappa shape index (κ2) is 13.3. The van der Waals surface area contributed by atoms with E-state index in [1.807, 2.05) is 0 Å². The molecule has 0 aliphatic heterocycles. The Morgan fingerprint density at radius 3 is 1.31 bits per heavy atom. The molecule has 65 heavy (non-hydrogen) atoms. The number of hydrogen-bond donors (Lipinski definition) is 0. The molecule has 1 heteroatoms. The molecule has 3 aliphatic carbocycles. The molecule has 1 spiro atoms. The van der Waals surface area contributed by atoms with E-state index in [4.69, 9.17) is 0 Å². The molecule has 0 aromatic heterocycles. The van der Waals surface area contributed by atoms with Crippen LogP contribution in [-0.2, 0) is 10.8 Å². The van der Waals surface area contributed by atoms with Gasteiger partial charge in [0.2, 0.25) is 0 Å². The topological polar surface area (TPSA) is 3.24 Å². The van der Waals surface area contributed by atoms with Crippen LogP contribution in [0.4, 0.5) is 17.1 Å². The minimum Gasteiger partial charge on any atom is -0.310 e. The Balaban J connectivity index is 1.12. The summed E-state index contributed by atoms with van der Waals surface area (Å²) in [5.41, 5.74) is 21.1. The second-order valence-electron chi connectivity index (χ2n) is 18.7. The molecule has 1 nitrogen and oxygen atoms in total. The van der Waals surface area contributed by atoms with E-state index >= 15 is 0 Å². The molecule has 11 aromatic rings. The molecule has 11 aromatic carbocycles. The zero-order valence-electron chi connectivity index (χ0n) is 36.3. The van der Waals surface area contributed by atoms with E-state index in [2.05, 4.69) is 243 Å². The second-order valence-corrected chi connectivity index (χ2v) is 18.7. The van der Waals surface area contributed by atoms with E-state index in [9.17, 15) is 0 Å². The van der Waals surface area contributed by atoms with Gasteiger partial charge in [0.25, 0.3) is 0 Å². The fraction of sp³-hybridized carbons (Fsp3) is 0.0625. The van der Waals surface area contributed by atoms with Crippen LogP contribution in [0.3, 0.4) is 0 Å². The Morgan fingerprint density at radius 2 is 0.708 bits per heavy atom. The Labute approximate surface area is 379 Å². The van der Waals surface area contributed by atoms with Gasteiger partial charge in [0, 0.05) is 22.4 Å². The third-order valence-electron chi connectivity index (χ3n) is 15.3. The molecular weight excluding hydrogens is 783 g/mol. The van der Waals surface area contributed by atoms with Crippen molar-refractivity contribution in [1.29, 1.82) is 0 Å². The van der Waals surface area contributed by atoms with Gasteiger partial charge in [-0.25, -0.2) is 0 Å². The Morgan fingerprint density at radius 1 is 0.277 bits per heavy atom. The molecule has 0 saturated heterocycles. The van der Waals surface area contributed by atoms with Crippen molar-refractivity contribution in [2.45, 2.75) is 24.7 Å². The summed E-state index contributed by atoms with van der Waals surface area (Å²) in [6, 6.07) is 84.8. The van der Waals surface area contributed by atoms with Crippen molar-refractivity contribution in [3.8, 4) is 44.5 Å². The van der Waals surface area contributed by atoms with Gasteiger partial charge in [-0.1, -0.05) is 202 Å². The Kier molecular flexibility index (Phi) is 7.45. The number of benzene rings is 11. The van der Waals surface area contributed by atoms with E-state index in [1.165, 1.54) is 110 Å². The zero-order valence-corrected chi connectivity index (χ0v) is 36.3. The number of fused-ring (bicyclic) bond motifs is 19. The average molecular weight is 826 g/mol. The van der Waals surface area contributed by atoms with Crippen molar-refractivity contribution in [2.24, 2.45) is 0 Å². The predicted molar refractivity (Wildman–Crippen MR) is 273 cm³/mol. The van der Waals surface area contributed by atoms with Gasteiger partial charge in [0.15, 0.2) is 0 Å². The molecule has 0 saturated carbocycles. The highest BCUT2D eigenvalue weighted by molar-refractivity contribution is 6.26. The summed E-state index contributed by atoms with van der Waals surface area (Å²) in [5.74, 6) is 0. The standard InChI is InChI=1S/C64H43N/c1-63(2)56-28-14-10-24-48(56)52-35-33-42(37-60(52)63)65(41-32-34-47-45-22-7-6-20-43(45)44-21-8-9-23-46(44)54(47)36-41)62-39-61-55(38-53(62)40-18-4-3-5-19-40)51-27-13-17-31-59(51)64(61)57-29-15-11-25-49(57)50-26-12-16-30-58(50)64/h3-39H,1-2H3. The van der Waals surface area contributed by atoms with Crippen LogP contribution in [0.15, 0.2) is 224 Å². The van der Waals surface area contributed by atoms with Crippen LogP contribution < -0.4 is 4.90 Å². The van der Waals surface area contributed by atoms with Gasteiger partial charge < -0.3 is 4.90 Å². The van der Waals surface area contributed by atoms with Crippen molar-refractivity contribution >= 4 is 49.4 Å². The minimum atomic E-state index is -0.491. The average Bonchev–Trinajstić information content (AvgIpc) is 3.92. The van der Waals surface area contributed by atoms with Crippen molar-refractivity contribution in [2.75, 3.05) is 4.90 Å². The minimum absolute atomic E-state index is 0.171. The lowest BCUT2D eigenvalue weighted by atomic mass is 9.70. The maximum Gasteiger partial charge on any atom is 0.0726 e. The highest BCUT2D eigenvalue weighted by Gasteiger charge is 2.52. The number of anilines is 3. The van der Waals surface area contributed by atoms with Crippen LogP contribution in [-0.4, -0.2) is 0 Å². The third-order valence-corrected chi connectivity index (χ3v) is 15.3. The van der Waals surface area contributed by atoms with Crippen LogP contribution in [0.1, 0.15) is 47.2 Å². The molecule has 0 atom stereocenters. The van der Waals surface area contributed by atoms with Crippen LogP contribution >= 0.6 is 0 Å². The Hall–Kier alpha value is -8.00. The van der Waals surface area contributed by atoms with Crippen LogP contribution in [0.2, 0.25) is 0 Å². The molecule has 0 heterocycles. The molecule has 0 amide bonds. The zero-order chi connectivity index (χ0) is 43.0. The van der Waals surface area contributed by atoms with Crippen LogP contribution in [0.25, 0.3) is 76.8 Å². The molecule has 0 N–H and O–H groups in total. The lowest BCUT2D eigenvalue weighted by molar-refractivity contribution is 0.660. The fourth-order valence-electron chi connectivity index (χ4n) is 12.5. The summed E-state index contributed by atoms with van der Waals surface area (Å²) >= 11 is 0. The summed E-state index contributed by atoms with van der Waals surface area (Å²) in [7, 11) is 0. The summed E-state index contributed by atoms with van der Waals surface area (Å²) in [5, 5.41) is 7.61. The van der Waals surface area contributed by atoms with Gasteiger partial charge in [-0.05, 0) is 141 Å². The largest absolute Gasteiger partial charge is 0.310 e. The number of rotatable bonds is 4. The molecule has 3 aliphatic rings. The normalized spacial score (nSPS) is 14.2. The first-order chi connectivity index (χ1) is 32.0. The maximum absolute atomic E-state index is 2.58. The SMILES string of the molecule is CC1(C)c2ccccc2-c2ccc(N(c3ccc4c5ccccc5c5ccccc5c4c3)c3cc4c(cc3-c3ccccc3)-c3ccccc3C43c4ccccc4-c4ccccc43)cc21. The quantitative estimate of drug-likeness (QED) is 0.160. The maximum atomic E-state index is 2.58. The van der Waals surface area contributed by atoms with Crippen molar-refractivity contribution in [3.05, 3.63) is 258 Å². The predicted octanol–water partition coefficient (Wildman–Crippen LogP) is 16.9. The van der Waals surface area contributed by atoms with Crippen molar-refractivity contribution in [3.63, 3.8) is 0 Å². The first kappa shape index (κ1) is 36.5. The first-order valence-electron chi connectivity index (χ1n) is 22.9. The van der Waals surface area contributed by atoms with Crippen molar-refractivity contribution < 1.29 is 0 Å². The molecule has 0 unspecified atom stereocenters. The lowest BCUT2D eigenvalue weighted by Crippen LogP contribution is -2.26. The van der Waals surface area contributed by atoms with E-state index < -0.39 is 5.41 Å². The molecule has 0 bridgehead atoms. The molecule has 304 valence electrons. The summed E-state index contributed by atoms with van der Waals surface area (Å²) < 4.78 is 0. The van der Waals surface area contributed by atoms with Gasteiger partial charge in [-0.2, -0.15) is 0 Å². The molecular formula is C64H43N. The van der Waals surface area contributed by atoms with Crippen LogP contribution in [0.5, 0.6) is 0 Å². The molecule has 0 radical (unpaired) electrons. The van der Waals surface area contributed by atoms with Crippen molar-refractivity contribution in [1.82, 2.24) is 0 Å². The van der Waals surface area contributed by atoms with E-state index in [0.717, 1.165) is 17.1 Å². The summed E-state index contributed by atoms with van der Waals surface area (Å²) in [6.07, 6.45) is 0. The number of nitrogens with zero attached hydrogens (tertiary/aromatic N) is 1. The smallest absolute Gasteiger partial charge is 0.0726 e. The van der Waals surface area contributed by atoms with E-state index in [0.29, 0.717) is 0 Å². The molecule has 0 fully saturated rings. The van der Waals surface area contributed by atoms with Gasteiger partial charge in [0.1, 0.15) is 0 Å². The summed E-state index contributed by atoms with van der Waals surface area (Å²) in [4.78, 5) is 2.58. The van der Waals surface area contributed by atoms with Crippen LogP contribution in [0, 0.1) is 0 Å². The monoisotopic (exact) mass is 825 g/mol. The van der Waals surface area contributed by atoms with E-state index in [1.54, 1.807) is 0 Å². The highest BCUT2D eigenvalue weighted by Crippen LogP contribution is 2.64. The first-order valence-corrected chi connectivity index (χ1v) is 22.9. The van der Waals surface area contributed by atoms with E-state index in [-0.39, 0.29) is 5.41 Å². The summed E-state index contributed by atoms with van der Waals surface area (Å²) in [6.45, 7) is 4.78. The van der Waals surface area contributed by atoms with Gasteiger partial charge in [-0.15, -0.1) is 0 Å². The van der Waals surface area contributed by atoms with Gasteiger partial charge in [0.05, 0.1) is 11.1 Å². The number of hydrogen-bond acceptors (Lipinski definition) is 1. The van der Waals surface area contributed by atoms with Gasteiger partial charge in [-0.3, -0.25) is 0 Å². The molecule has 14 rings (SSSR count). The van der Waals surface area contributed by atoms with Gasteiger partial charge >= 0.3 is 0 Å². The fourth-order valence-corrected chi connectivity index (χ4v) is 12.5. The lowest BCUT2D eigenvalue weighted by Gasteiger charge is -2.34.